The van der Waals surface area contributed by atoms with Crippen LogP contribution in [0.15, 0.2) is 42.5 Å². The summed E-state index contributed by atoms with van der Waals surface area (Å²) in [5.74, 6) is -24.0. The minimum absolute atomic E-state index is 0.559. The Kier molecular flexibility index (Phi) is 13.7. The number of carbonyl (C=O) groups is 7. The molecule has 0 spiro atoms. The van der Waals surface area contributed by atoms with Crippen LogP contribution < -0.4 is 0 Å². The van der Waals surface area contributed by atoms with Crippen LogP contribution in [0.1, 0.15) is 65.9 Å². The summed E-state index contributed by atoms with van der Waals surface area (Å²) in [7, 11) is 0. The van der Waals surface area contributed by atoms with Crippen LogP contribution in [0, 0.1) is 0 Å². The predicted molar refractivity (Wildman–Crippen MR) is 210 cm³/mol. The van der Waals surface area contributed by atoms with Gasteiger partial charge in [0, 0.05) is 0 Å². The maximum absolute atomic E-state index is 13.5. The third kappa shape index (κ3) is 10.1. The van der Waals surface area contributed by atoms with Gasteiger partial charge in [0.1, 0.15) is 12.7 Å². The number of esters is 6. The molecule has 2 heterocycles. The second-order valence-electron chi connectivity index (χ2n) is 14.6. The molecule has 366 valence electrons. The monoisotopic (exact) mass is 974 g/mol. The number of phenolic OH excluding ortho intramolecular Hbond substituents is 12. The fourth-order valence-corrected chi connectivity index (χ4v) is 6.60. The number of phenols is 12. The van der Waals surface area contributed by atoms with Crippen molar-refractivity contribution in [2.24, 2.45) is 0 Å². The van der Waals surface area contributed by atoms with Gasteiger partial charge in [-0.3, -0.25) is 9.59 Å². The molecule has 7 atom stereocenters. The van der Waals surface area contributed by atoms with Crippen molar-refractivity contribution in [1.29, 1.82) is 0 Å². The first kappa shape index (κ1) is 49.1. The van der Waals surface area contributed by atoms with Crippen LogP contribution in [0.4, 0.5) is 0 Å². The Morgan fingerprint density at radius 2 is 0.957 bits per heavy atom. The van der Waals surface area contributed by atoms with Gasteiger partial charge in [0.05, 0.1) is 40.7 Å². The third-order valence-electron chi connectivity index (χ3n) is 9.99. The highest BCUT2D eigenvalue weighted by atomic mass is 16.7. The molecule has 0 bridgehead atoms. The molecule has 1 fully saturated rings. The van der Waals surface area contributed by atoms with Gasteiger partial charge >= 0.3 is 41.8 Å². The molecule has 0 saturated carbocycles. The Balaban J connectivity index is 1.31. The van der Waals surface area contributed by atoms with E-state index in [1.165, 1.54) is 0 Å². The maximum Gasteiger partial charge on any atom is 0.349 e. The smallest absolute Gasteiger partial charge is 0.349 e. The first-order valence-corrected chi connectivity index (χ1v) is 19.2. The van der Waals surface area contributed by atoms with Gasteiger partial charge in [-0.25, -0.2) is 24.0 Å². The Morgan fingerprint density at radius 1 is 0.522 bits per heavy atom. The Morgan fingerprint density at radius 3 is 1.43 bits per heavy atom. The number of aliphatic hydroxyl groups is 1. The molecule has 2 unspecified atom stereocenters. The van der Waals surface area contributed by atoms with Crippen molar-refractivity contribution in [2.45, 2.75) is 55.8 Å². The maximum atomic E-state index is 13.5. The zero-order valence-corrected chi connectivity index (χ0v) is 34.2. The number of benzene rings is 4. The number of carboxylic acids is 1. The molecule has 28 heteroatoms. The van der Waals surface area contributed by atoms with Crippen molar-refractivity contribution in [3.05, 3.63) is 70.3 Å². The lowest BCUT2D eigenvalue weighted by Gasteiger charge is -2.42. The minimum atomic E-state index is -2.51. The molecule has 0 radical (unpaired) electrons. The zero-order chi connectivity index (χ0) is 50.9. The summed E-state index contributed by atoms with van der Waals surface area (Å²) in [6.45, 7) is -1.19. The molecule has 14 N–H and O–H groups in total. The molecule has 69 heavy (non-hydrogen) atoms. The molecule has 4 aromatic carbocycles. The largest absolute Gasteiger partial charge is 0.504 e. The molecular weight excluding hydrogens is 940 g/mol. The quantitative estimate of drug-likeness (QED) is 0.0479. The number of ether oxygens (including phenoxy) is 7. The second-order valence-corrected chi connectivity index (χ2v) is 14.6. The highest BCUT2D eigenvalue weighted by molar-refractivity contribution is 5.98. The predicted octanol–water partition coefficient (Wildman–Crippen LogP) is 0.0791. The second kappa shape index (κ2) is 19.3. The number of rotatable bonds is 13. The van der Waals surface area contributed by atoms with E-state index in [4.69, 9.17) is 33.2 Å². The van der Waals surface area contributed by atoms with Gasteiger partial charge in [0.15, 0.2) is 87.7 Å². The highest BCUT2D eigenvalue weighted by Crippen LogP contribution is 2.47. The number of carbonyl (C=O) groups excluding carboxylic acids is 6. The van der Waals surface area contributed by atoms with E-state index in [1.54, 1.807) is 0 Å². The number of hydrogen-bond donors (Lipinski definition) is 14. The van der Waals surface area contributed by atoms with E-state index < -0.39 is 201 Å². The standard InChI is InChI=1S/C41H34O28/c42-15-3-11(4-16(43)26(15)51)37(59)63-10-22-32(65-23(49)1-2-24(50)66-33-25-14(9-21(48)29(54)30(25)55)40(62)68-35(33)36(57)58)34(67-38(60)12-5-17(44)27(52)18(45)6-12)31(56)41(64-22)69-39(61)13-7-19(46)28(53)20(47)8-13/h3-9,22,31-35,41-48,51-56H,1-2,10H2,(H,57,58)/t22-,31-,32-,33?,34-,35?,41+/m1/s1. The number of aromatic hydroxyl groups is 12. The van der Waals surface area contributed by atoms with E-state index in [1.807, 2.05) is 0 Å². The van der Waals surface area contributed by atoms with Gasteiger partial charge in [0.25, 0.3) is 0 Å². The van der Waals surface area contributed by atoms with Crippen molar-refractivity contribution in [3.63, 3.8) is 0 Å². The fraction of sp³-hybridized carbons (Fsp3) is 0.244. The van der Waals surface area contributed by atoms with Crippen molar-refractivity contribution < 1.29 is 138 Å². The summed E-state index contributed by atoms with van der Waals surface area (Å²) in [5, 5.41) is 141. The van der Waals surface area contributed by atoms with E-state index in [2.05, 4.69) is 0 Å². The molecule has 0 aliphatic carbocycles. The number of aliphatic carboxylic acids is 1. The third-order valence-corrected chi connectivity index (χ3v) is 9.99. The summed E-state index contributed by atoms with van der Waals surface area (Å²) in [5.41, 5.74) is -3.68. The van der Waals surface area contributed by atoms with Crippen LogP contribution in [-0.2, 0) is 47.5 Å². The number of carboxylic acid groups (broad SMARTS) is 1. The van der Waals surface area contributed by atoms with E-state index in [0.717, 1.165) is 0 Å². The Hall–Kier alpha value is -9.31. The molecular formula is C41H34O28. The van der Waals surface area contributed by atoms with E-state index in [9.17, 15) is 105 Å². The average Bonchev–Trinajstić information content (AvgIpc) is 3.29. The first-order chi connectivity index (χ1) is 32.4. The van der Waals surface area contributed by atoms with Gasteiger partial charge < -0.3 is 105 Å². The van der Waals surface area contributed by atoms with Gasteiger partial charge in [0.2, 0.25) is 18.1 Å². The summed E-state index contributed by atoms with van der Waals surface area (Å²) >= 11 is 0. The summed E-state index contributed by atoms with van der Waals surface area (Å²) in [4.78, 5) is 91.1. The molecule has 4 aromatic rings. The van der Waals surface area contributed by atoms with Crippen molar-refractivity contribution in [3.8, 4) is 69.0 Å². The lowest BCUT2D eigenvalue weighted by molar-refractivity contribution is -0.287. The first-order valence-electron chi connectivity index (χ1n) is 19.2. The van der Waals surface area contributed by atoms with Gasteiger partial charge in [-0.05, 0) is 42.5 Å². The van der Waals surface area contributed by atoms with E-state index in [0.29, 0.717) is 42.5 Å². The van der Waals surface area contributed by atoms with Crippen LogP contribution in [0.3, 0.4) is 0 Å². The molecule has 28 nitrogen and oxygen atoms in total. The van der Waals surface area contributed by atoms with Crippen LogP contribution in [0.25, 0.3) is 0 Å². The van der Waals surface area contributed by atoms with Crippen LogP contribution in [0.2, 0.25) is 0 Å². The lowest BCUT2D eigenvalue weighted by Crippen LogP contribution is -2.62. The molecule has 2 aliphatic heterocycles. The van der Waals surface area contributed by atoms with E-state index in [-0.39, 0.29) is 0 Å². The number of aliphatic hydroxyl groups excluding tert-OH is 1. The molecule has 2 aliphatic rings. The van der Waals surface area contributed by atoms with Crippen molar-refractivity contribution in [1.82, 2.24) is 0 Å². The normalized spacial score (nSPS) is 20.6. The average molecular weight is 975 g/mol. The van der Waals surface area contributed by atoms with Gasteiger partial charge in [-0.2, -0.15) is 0 Å². The topological polar surface area (TPSA) is 467 Å². The molecule has 6 rings (SSSR count). The number of hydrogen-bond acceptors (Lipinski definition) is 27. The lowest BCUT2D eigenvalue weighted by atomic mass is 9.93. The fourth-order valence-electron chi connectivity index (χ4n) is 6.60. The van der Waals surface area contributed by atoms with E-state index >= 15 is 0 Å². The van der Waals surface area contributed by atoms with Gasteiger partial charge in [-0.15, -0.1) is 0 Å². The summed E-state index contributed by atoms with van der Waals surface area (Å²) < 4.78 is 36.7. The van der Waals surface area contributed by atoms with Crippen molar-refractivity contribution >= 4 is 41.8 Å². The highest BCUT2D eigenvalue weighted by Gasteiger charge is 2.52. The van der Waals surface area contributed by atoms with Gasteiger partial charge in [-0.1, -0.05) is 0 Å². The van der Waals surface area contributed by atoms with Crippen LogP contribution in [-0.4, -0.2) is 157 Å². The molecule has 0 amide bonds. The van der Waals surface area contributed by atoms with Crippen molar-refractivity contribution in [2.75, 3.05) is 6.61 Å². The number of fused-ring (bicyclic) bond motifs is 1. The molecule has 1 saturated heterocycles. The Bertz CT molecular complexity index is 2710. The van der Waals surface area contributed by atoms with Crippen LogP contribution in [0.5, 0.6) is 69.0 Å². The van der Waals surface area contributed by atoms with Crippen LogP contribution >= 0.6 is 0 Å². The zero-order valence-electron chi connectivity index (χ0n) is 34.2. The molecule has 0 aromatic heterocycles. The SMILES string of the molecule is O=C(CCC(=O)O[C@H]1[C@H](OC(=O)c2cc(O)c(O)c(O)c2)[C@@H](O)[C@H](OC(=O)c2cc(O)c(O)c(O)c2)O[C@@H]1COC(=O)c1cc(O)c(O)c(O)c1)OC1c2c(cc(O)c(O)c2O)C(=O)OC1C(=O)O. The Labute approximate surface area is 381 Å². The summed E-state index contributed by atoms with van der Waals surface area (Å²) in [6, 6.07) is 4.12. The summed E-state index contributed by atoms with van der Waals surface area (Å²) in [6.07, 6.45) is -18.4. The minimum Gasteiger partial charge on any atom is -0.504 e. The number of cyclic esters (lactones) is 1.